The van der Waals surface area contributed by atoms with Crippen LogP contribution >= 0.6 is 23.4 Å². The first kappa shape index (κ1) is 12.8. The molecule has 3 nitrogen and oxygen atoms in total. The maximum atomic E-state index is 10.8. The van der Waals surface area contributed by atoms with Gasteiger partial charge in [0.2, 0.25) is 0 Å². The molecular weight excluding hydrogens is 272 g/mol. The second kappa shape index (κ2) is 5.33. The second-order valence-electron chi connectivity index (χ2n) is 3.54. The molecule has 0 aliphatic carbocycles. The Kier molecular flexibility index (Phi) is 3.79. The Hall–Kier alpha value is -1.65. The van der Waals surface area contributed by atoms with E-state index < -0.39 is 5.97 Å². The molecule has 0 aliphatic rings. The summed E-state index contributed by atoms with van der Waals surface area (Å²) in [5.74, 6) is -0.834. The molecule has 0 amide bonds. The number of carbonyl (C=O) groups is 1. The fourth-order valence-corrected chi connectivity index (χ4v) is 2.57. The Bertz CT molecular complexity index is 581. The van der Waals surface area contributed by atoms with Crippen molar-refractivity contribution in [3.63, 3.8) is 0 Å². The first-order chi connectivity index (χ1) is 8.56. The topological polar surface area (TPSA) is 57.5 Å². The van der Waals surface area contributed by atoms with E-state index in [1.165, 1.54) is 17.8 Å². The van der Waals surface area contributed by atoms with Gasteiger partial charge in [-0.2, -0.15) is 0 Å². The van der Waals surface area contributed by atoms with E-state index in [0.717, 1.165) is 9.79 Å². The van der Waals surface area contributed by atoms with E-state index in [1.807, 2.05) is 0 Å². The van der Waals surface area contributed by atoms with Gasteiger partial charge in [0, 0.05) is 9.79 Å². The van der Waals surface area contributed by atoms with Gasteiger partial charge in [0.05, 0.1) is 10.6 Å². The molecule has 2 N–H and O–H groups in total. The van der Waals surface area contributed by atoms with Gasteiger partial charge in [-0.15, -0.1) is 0 Å². The smallest absolute Gasteiger partial charge is 0.337 e. The molecule has 18 heavy (non-hydrogen) atoms. The Morgan fingerprint density at radius 1 is 1.06 bits per heavy atom. The van der Waals surface area contributed by atoms with Gasteiger partial charge in [-0.25, -0.2) is 4.79 Å². The predicted molar refractivity (Wildman–Crippen MR) is 70.6 cm³/mol. The van der Waals surface area contributed by atoms with E-state index in [2.05, 4.69) is 0 Å². The van der Waals surface area contributed by atoms with Crippen molar-refractivity contribution in [1.29, 1.82) is 0 Å². The lowest BCUT2D eigenvalue weighted by Crippen LogP contribution is -1.96. The van der Waals surface area contributed by atoms with Gasteiger partial charge in [-0.05, 0) is 42.5 Å². The number of rotatable bonds is 3. The third-order valence-electron chi connectivity index (χ3n) is 2.24. The van der Waals surface area contributed by atoms with Crippen LogP contribution in [0.25, 0.3) is 0 Å². The van der Waals surface area contributed by atoms with E-state index in [1.54, 1.807) is 36.4 Å². The van der Waals surface area contributed by atoms with Crippen LogP contribution in [0.4, 0.5) is 0 Å². The van der Waals surface area contributed by atoms with E-state index in [9.17, 15) is 4.79 Å². The maximum absolute atomic E-state index is 10.8. The van der Waals surface area contributed by atoms with E-state index in [-0.39, 0.29) is 16.3 Å². The van der Waals surface area contributed by atoms with Gasteiger partial charge in [-0.3, -0.25) is 0 Å². The van der Waals surface area contributed by atoms with Crippen LogP contribution in [0.1, 0.15) is 10.4 Å². The lowest BCUT2D eigenvalue weighted by atomic mass is 10.2. The molecule has 0 aliphatic heterocycles. The zero-order valence-corrected chi connectivity index (χ0v) is 10.7. The van der Waals surface area contributed by atoms with Crippen molar-refractivity contribution in [3.05, 3.63) is 53.1 Å². The molecule has 2 aromatic rings. The average Bonchev–Trinajstić information content (AvgIpc) is 2.32. The van der Waals surface area contributed by atoms with Gasteiger partial charge in [0.15, 0.2) is 0 Å². The van der Waals surface area contributed by atoms with Crippen LogP contribution in [0.3, 0.4) is 0 Å². The summed E-state index contributed by atoms with van der Waals surface area (Å²) in [7, 11) is 0. The summed E-state index contributed by atoms with van der Waals surface area (Å²) in [6.07, 6.45) is 0. The number of phenols is 1. The standard InChI is InChI=1S/C13H9ClO3S/c14-12-7-10(5-6-11(12)13(16)17)18-9-3-1-8(15)2-4-9/h1-7,15H,(H,16,17). The van der Waals surface area contributed by atoms with Crippen LogP contribution in [0.15, 0.2) is 52.3 Å². The van der Waals surface area contributed by atoms with Crippen LogP contribution in [0.5, 0.6) is 5.75 Å². The number of aromatic hydroxyl groups is 1. The molecule has 5 heteroatoms. The lowest BCUT2D eigenvalue weighted by molar-refractivity contribution is 0.0697. The van der Waals surface area contributed by atoms with Gasteiger partial charge < -0.3 is 10.2 Å². The van der Waals surface area contributed by atoms with Crippen LogP contribution in [-0.2, 0) is 0 Å². The third kappa shape index (κ3) is 2.97. The lowest BCUT2D eigenvalue weighted by Gasteiger charge is -2.04. The van der Waals surface area contributed by atoms with Gasteiger partial charge in [0.1, 0.15) is 5.75 Å². The Balaban J connectivity index is 2.22. The number of benzene rings is 2. The molecule has 0 radical (unpaired) electrons. The van der Waals surface area contributed by atoms with Crippen molar-refractivity contribution < 1.29 is 15.0 Å². The summed E-state index contributed by atoms with van der Waals surface area (Å²) in [5, 5.41) is 18.2. The molecule has 0 saturated carbocycles. The molecule has 2 rings (SSSR count). The largest absolute Gasteiger partial charge is 0.508 e. The molecule has 92 valence electrons. The quantitative estimate of drug-likeness (QED) is 0.895. The highest BCUT2D eigenvalue weighted by Gasteiger charge is 2.09. The van der Waals surface area contributed by atoms with E-state index in [0.29, 0.717) is 0 Å². The number of hydrogen-bond acceptors (Lipinski definition) is 3. The molecule has 0 saturated heterocycles. The highest BCUT2D eigenvalue weighted by Crippen LogP contribution is 2.31. The van der Waals surface area contributed by atoms with E-state index >= 15 is 0 Å². The Morgan fingerprint density at radius 2 is 1.67 bits per heavy atom. The number of carboxylic acids is 1. The molecular formula is C13H9ClO3S. The molecule has 0 heterocycles. The van der Waals surface area contributed by atoms with Crippen LogP contribution < -0.4 is 0 Å². The maximum Gasteiger partial charge on any atom is 0.337 e. The summed E-state index contributed by atoms with van der Waals surface area (Å²) < 4.78 is 0. The van der Waals surface area contributed by atoms with Crippen molar-refractivity contribution in [2.45, 2.75) is 9.79 Å². The SMILES string of the molecule is O=C(O)c1ccc(Sc2ccc(O)cc2)cc1Cl. The van der Waals surface area contributed by atoms with Crippen molar-refractivity contribution in [3.8, 4) is 5.75 Å². The van der Waals surface area contributed by atoms with Crippen molar-refractivity contribution in [2.75, 3.05) is 0 Å². The fourth-order valence-electron chi connectivity index (χ4n) is 1.38. The van der Waals surface area contributed by atoms with Crippen molar-refractivity contribution >= 4 is 29.3 Å². The first-order valence-corrected chi connectivity index (χ1v) is 6.25. The van der Waals surface area contributed by atoms with Crippen LogP contribution in [0.2, 0.25) is 5.02 Å². The highest BCUT2D eigenvalue weighted by atomic mass is 35.5. The molecule has 0 spiro atoms. The third-order valence-corrected chi connectivity index (χ3v) is 3.55. The van der Waals surface area contributed by atoms with Crippen molar-refractivity contribution in [1.82, 2.24) is 0 Å². The summed E-state index contributed by atoms with van der Waals surface area (Å²) in [5.41, 5.74) is 0.0896. The molecule has 2 aromatic carbocycles. The molecule has 0 unspecified atom stereocenters. The minimum atomic E-state index is -1.04. The Labute approximate surface area is 113 Å². The van der Waals surface area contributed by atoms with Gasteiger partial charge >= 0.3 is 5.97 Å². The minimum Gasteiger partial charge on any atom is -0.508 e. The normalized spacial score (nSPS) is 10.3. The van der Waals surface area contributed by atoms with Crippen LogP contribution in [0, 0.1) is 0 Å². The Morgan fingerprint density at radius 3 is 2.22 bits per heavy atom. The second-order valence-corrected chi connectivity index (χ2v) is 5.10. The van der Waals surface area contributed by atoms with Gasteiger partial charge in [-0.1, -0.05) is 23.4 Å². The number of aromatic carboxylic acids is 1. The van der Waals surface area contributed by atoms with Crippen molar-refractivity contribution in [2.24, 2.45) is 0 Å². The molecule has 0 aromatic heterocycles. The zero-order valence-electron chi connectivity index (χ0n) is 9.13. The summed E-state index contributed by atoms with van der Waals surface area (Å²) in [4.78, 5) is 12.6. The van der Waals surface area contributed by atoms with Gasteiger partial charge in [0.25, 0.3) is 0 Å². The number of hydrogen-bond donors (Lipinski definition) is 2. The molecule has 0 atom stereocenters. The first-order valence-electron chi connectivity index (χ1n) is 5.06. The average molecular weight is 281 g/mol. The van der Waals surface area contributed by atoms with E-state index in [4.69, 9.17) is 21.8 Å². The fraction of sp³-hybridized carbons (Fsp3) is 0. The number of carboxylic acid groups (broad SMARTS) is 1. The number of phenolic OH excluding ortho intramolecular Hbond substituents is 1. The predicted octanol–water partition coefficient (Wildman–Crippen LogP) is 3.90. The number of halogens is 1. The monoisotopic (exact) mass is 280 g/mol. The summed E-state index contributed by atoms with van der Waals surface area (Å²) in [6, 6.07) is 11.5. The molecule has 0 fully saturated rings. The zero-order chi connectivity index (χ0) is 13.1. The summed E-state index contributed by atoms with van der Waals surface area (Å²) in [6.45, 7) is 0. The molecule has 0 bridgehead atoms. The minimum absolute atomic E-state index is 0.0896. The highest BCUT2D eigenvalue weighted by molar-refractivity contribution is 7.99. The summed E-state index contributed by atoms with van der Waals surface area (Å²) >= 11 is 7.32. The van der Waals surface area contributed by atoms with Crippen LogP contribution in [-0.4, -0.2) is 16.2 Å².